The lowest BCUT2D eigenvalue weighted by Gasteiger charge is -2.29. The van der Waals surface area contributed by atoms with Crippen molar-refractivity contribution in [3.05, 3.63) is 33.8 Å². The molecule has 0 aliphatic heterocycles. The number of hydrogen-bond acceptors (Lipinski definition) is 2. The number of ether oxygens (including phenoxy) is 1. The quantitative estimate of drug-likeness (QED) is 0.906. The summed E-state index contributed by atoms with van der Waals surface area (Å²) < 4.78 is 6.22. The molecular formula is C15H22BrNO2. The molecule has 2 N–H and O–H groups in total. The first kappa shape index (κ1) is 16.0. The van der Waals surface area contributed by atoms with Crippen molar-refractivity contribution in [3.8, 4) is 0 Å². The highest BCUT2D eigenvalue weighted by atomic mass is 79.9. The smallest absolute Gasteiger partial charge is 0.405 e. The molecule has 0 bridgehead atoms. The number of carbonyl (C=O) groups excluding carboxylic acids is 1. The first-order valence-corrected chi connectivity index (χ1v) is 7.08. The van der Waals surface area contributed by atoms with E-state index in [0.717, 1.165) is 4.47 Å². The molecule has 4 heteroatoms. The summed E-state index contributed by atoms with van der Waals surface area (Å²) in [6, 6.07) is 6.19. The number of benzene rings is 1. The third kappa shape index (κ3) is 4.86. The van der Waals surface area contributed by atoms with Crippen LogP contribution in [-0.4, -0.2) is 11.7 Å². The van der Waals surface area contributed by atoms with Crippen molar-refractivity contribution in [3.63, 3.8) is 0 Å². The van der Waals surface area contributed by atoms with Crippen LogP contribution in [0.25, 0.3) is 0 Å². The predicted octanol–water partition coefficient (Wildman–Crippen LogP) is 4.16. The van der Waals surface area contributed by atoms with E-state index in [-0.39, 0.29) is 5.41 Å². The molecule has 0 unspecified atom stereocenters. The molecule has 1 rings (SSSR count). The monoisotopic (exact) mass is 327 g/mol. The largest absolute Gasteiger partial charge is 0.443 e. The van der Waals surface area contributed by atoms with Crippen LogP contribution in [0.2, 0.25) is 0 Å². The molecule has 0 heterocycles. The van der Waals surface area contributed by atoms with Gasteiger partial charge in [0.05, 0.1) is 0 Å². The molecule has 19 heavy (non-hydrogen) atoms. The zero-order valence-corrected chi connectivity index (χ0v) is 13.8. The van der Waals surface area contributed by atoms with Gasteiger partial charge in [0.25, 0.3) is 0 Å². The van der Waals surface area contributed by atoms with Crippen LogP contribution in [0.5, 0.6) is 0 Å². The second kappa shape index (κ2) is 5.53. The molecule has 0 spiro atoms. The van der Waals surface area contributed by atoms with E-state index >= 15 is 0 Å². The Kier molecular flexibility index (Phi) is 4.67. The van der Waals surface area contributed by atoms with E-state index in [2.05, 4.69) is 48.8 Å². The lowest BCUT2D eigenvalue weighted by Crippen LogP contribution is -2.34. The van der Waals surface area contributed by atoms with Crippen LogP contribution in [0.4, 0.5) is 4.79 Å². The van der Waals surface area contributed by atoms with Crippen LogP contribution in [0.1, 0.15) is 45.7 Å². The van der Waals surface area contributed by atoms with E-state index in [1.165, 1.54) is 11.1 Å². The van der Waals surface area contributed by atoms with Gasteiger partial charge >= 0.3 is 6.09 Å². The van der Waals surface area contributed by atoms with Gasteiger partial charge in [-0.1, -0.05) is 42.8 Å². The number of nitrogens with two attached hydrogens (primary N) is 1. The standard InChI is InChI=1S/C15H22BrNO2/c1-14(2,3)12-8-11(16)7-6-10(12)9-15(4,5)19-13(17)18/h6-8H,9H2,1-5H3,(H2,17,18). The van der Waals surface area contributed by atoms with E-state index in [0.29, 0.717) is 6.42 Å². The summed E-state index contributed by atoms with van der Waals surface area (Å²) in [4.78, 5) is 10.9. The van der Waals surface area contributed by atoms with E-state index in [1.54, 1.807) is 0 Å². The summed E-state index contributed by atoms with van der Waals surface area (Å²) in [5.41, 5.74) is 6.94. The number of rotatable bonds is 3. The summed E-state index contributed by atoms with van der Waals surface area (Å²) >= 11 is 3.50. The van der Waals surface area contributed by atoms with Crippen LogP contribution < -0.4 is 5.73 Å². The summed E-state index contributed by atoms with van der Waals surface area (Å²) in [6.45, 7) is 10.2. The van der Waals surface area contributed by atoms with Gasteiger partial charge in [0.15, 0.2) is 0 Å². The van der Waals surface area contributed by atoms with Gasteiger partial charge in [0, 0.05) is 10.9 Å². The third-order valence-electron chi connectivity index (χ3n) is 2.87. The first-order valence-electron chi connectivity index (χ1n) is 6.29. The Bertz CT molecular complexity index is 476. The SMILES string of the molecule is CC(C)(Cc1ccc(Br)cc1C(C)(C)C)OC(N)=O. The topological polar surface area (TPSA) is 52.3 Å². The molecule has 0 aromatic heterocycles. The van der Waals surface area contributed by atoms with Crippen molar-refractivity contribution < 1.29 is 9.53 Å². The minimum Gasteiger partial charge on any atom is -0.443 e. The number of halogens is 1. The molecule has 0 saturated heterocycles. The number of primary amides is 1. The van der Waals surface area contributed by atoms with Crippen molar-refractivity contribution in [2.24, 2.45) is 5.73 Å². The van der Waals surface area contributed by atoms with Crippen molar-refractivity contribution >= 4 is 22.0 Å². The van der Waals surface area contributed by atoms with Crippen molar-refractivity contribution in [2.45, 2.75) is 52.1 Å². The molecule has 0 saturated carbocycles. The Balaban J connectivity index is 3.11. The van der Waals surface area contributed by atoms with E-state index < -0.39 is 11.7 Å². The van der Waals surface area contributed by atoms with E-state index in [9.17, 15) is 4.79 Å². The number of amides is 1. The first-order chi connectivity index (χ1) is 8.51. The van der Waals surface area contributed by atoms with Crippen LogP contribution in [0.15, 0.2) is 22.7 Å². The van der Waals surface area contributed by atoms with E-state index in [1.807, 2.05) is 19.9 Å². The highest BCUT2D eigenvalue weighted by Gasteiger charge is 2.26. The fourth-order valence-electron chi connectivity index (χ4n) is 2.17. The number of hydrogen-bond donors (Lipinski definition) is 1. The van der Waals surface area contributed by atoms with Gasteiger partial charge in [0.1, 0.15) is 5.60 Å². The molecule has 0 aliphatic rings. The summed E-state index contributed by atoms with van der Waals surface area (Å²) in [6.07, 6.45) is -0.102. The van der Waals surface area contributed by atoms with Gasteiger partial charge in [-0.3, -0.25) is 0 Å². The van der Waals surface area contributed by atoms with Crippen LogP contribution >= 0.6 is 15.9 Å². The summed E-state index contributed by atoms with van der Waals surface area (Å²) in [5, 5.41) is 0. The Morgan fingerprint density at radius 1 is 1.26 bits per heavy atom. The normalized spacial score (nSPS) is 12.3. The summed E-state index contributed by atoms with van der Waals surface area (Å²) in [7, 11) is 0. The molecule has 0 radical (unpaired) electrons. The molecule has 106 valence electrons. The second-order valence-corrected chi connectivity index (χ2v) is 7.32. The Labute approximate surface area is 123 Å². The lowest BCUT2D eigenvalue weighted by atomic mass is 9.81. The zero-order valence-electron chi connectivity index (χ0n) is 12.2. The molecular weight excluding hydrogens is 306 g/mol. The van der Waals surface area contributed by atoms with Gasteiger partial charge in [-0.25, -0.2) is 4.79 Å². The van der Waals surface area contributed by atoms with Gasteiger partial charge in [0.2, 0.25) is 0 Å². The third-order valence-corrected chi connectivity index (χ3v) is 3.37. The van der Waals surface area contributed by atoms with Crippen LogP contribution in [0, 0.1) is 0 Å². The van der Waals surface area contributed by atoms with Crippen LogP contribution in [-0.2, 0) is 16.6 Å². The molecule has 0 fully saturated rings. The predicted molar refractivity (Wildman–Crippen MR) is 81.3 cm³/mol. The lowest BCUT2D eigenvalue weighted by molar-refractivity contribution is 0.0458. The van der Waals surface area contributed by atoms with Gasteiger partial charge < -0.3 is 10.5 Å². The maximum atomic E-state index is 10.9. The molecule has 1 amide bonds. The van der Waals surface area contributed by atoms with Crippen molar-refractivity contribution in [1.29, 1.82) is 0 Å². The molecule has 1 aromatic rings. The summed E-state index contributed by atoms with van der Waals surface area (Å²) in [5.74, 6) is 0. The molecule has 0 atom stereocenters. The van der Waals surface area contributed by atoms with Gasteiger partial charge in [-0.15, -0.1) is 0 Å². The Hall–Kier alpha value is -1.03. The second-order valence-electron chi connectivity index (χ2n) is 6.41. The maximum Gasteiger partial charge on any atom is 0.405 e. The average molecular weight is 328 g/mol. The molecule has 0 aliphatic carbocycles. The highest BCUT2D eigenvalue weighted by Crippen LogP contribution is 2.31. The Morgan fingerprint density at radius 2 is 1.84 bits per heavy atom. The minimum absolute atomic E-state index is 0.0297. The minimum atomic E-state index is -0.737. The average Bonchev–Trinajstić information content (AvgIpc) is 2.16. The van der Waals surface area contributed by atoms with Crippen molar-refractivity contribution in [1.82, 2.24) is 0 Å². The number of carbonyl (C=O) groups is 1. The molecule has 1 aromatic carbocycles. The van der Waals surface area contributed by atoms with Crippen LogP contribution in [0.3, 0.4) is 0 Å². The van der Waals surface area contributed by atoms with Gasteiger partial charge in [-0.05, 0) is 42.5 Å². The molecule has 3 nitrogen and oxygen atoms in total. The fraction of sp³-hybridized carbons (Fsp3) is 0.533. The Morgan fingerprint density at radius 3 is 2.32 bits per heavy atom. The maximum absolute atomic E-state index is 10.9. The fourth-order valence-corrected chi connectivity index (χ4v) is 2.53. The van der Waals surface area contributed by atoms with Gasteiger partial charge in [-0.2, -0.15) is 0 Å². The highest BCUT2D eigenvalue weighted by molar-refractivity contribution is 9.10. The van der Waals surface area contributed by atoms with E-state index in [4.69, 9.17) is 10.5 Å². The zero-order chi connectivity index (χ0) is 14.8. The van der Waals surface area contributed by atoms with Crippen molar-refractivity contribution in [2.75, 3.05) is 0 Å².